The quantitative estimate of drug-likeness (QED) is 0.402. The van der Waals surface area contributed by atoms with Crippen molar-refractivity contribution in [3.63, 3.8) is 0 Å². The van der Waals surface area contributed by atoms with Crippen LogP contribution in [0.4, 0.5) is 9.59 Å². The second kappa shape index (κ2) is 9.11. The van der Waals surface area contributed by atoms with Crippen LogP contribution in [0.5, 0.6) is 0 Å². The highest BCUT2D eigenvalue weighted by atomic mass is 35.5. The van der Waals surface area contributed by atoms with Gasteiger partial charge in [-0.05, 0) is 27.4 Å². The van der Waals surface area contributed by atoms with Gasteiger partial charge in [-0.15, -0.1) is 0 Å². The smallest absolute Gasteiger partial charge is 0.327 e. The number of nitrogens with zero attached hydrogens (tertiary/aromatic N) is 2. The van der Waals surface area contributed by atoms with Crippen LogP contribution in [0.15, 0.2) is 60.7 Å². The van der Waals surface area contributed by atoms with Crippen molar-refractivity contribution in [2.45, 2.75) is 26.9 Å². The number of hydrogen-bond donors (Lipinski definition) is 0. The Hall–Kier alpha value is -2.15. The highest BCUT2D eigenvalue weighted by molar-refractivity contribution is 6.80. The molecular weight excluding hydrogens is 404 g/mol. The van der Waals surface area contributed by atoms with Crippen LogP contribution in [0.2, 0.25) is 0 Å². The topological polar surface area (TPSA) is 49.9 Å². The molecule has 0 saturated carbocycles. The number of halogens is 1. The third-order valence-corrected chi connectivity index (χ3v) is 7.95. The summed E-state index contributed by atoms with van der Waals surface area (Å²) in [5.74, 6) is 0. The van der Waals surface area contributed by atoms with Crippen LogP contribution in [0, 0.1) is 5.41 Å². The highest BCUT2D eigenvalue weighted by Crippen LogP contribution is 2.25. The van der Waals surface area contributed by atoms with Crippen LogP contribution in [-0.2, 0) is 4.43 Å². The molecule has 0 bridgehead atoms. The molecule has 5 nitrogen and oxygen atoms in total. The molecule has 2 aromatic carbocycles. The molecule has 0 aromatic heterocycles. The Morgan fingerprint density at radius 2 is 1.55 bits per heavy atom. The van der Waals surface area contributed by atoms with E-state index in [0.717, 1.165) is 4.90 Å². The van der Waals surface area contributed by atoms with Crippen molar-refractivity contribution in [1.29, 1.82) is 0 Å². The molecule has 0 spiro atoms. The first-order valence-corrected chi connectivity index (χ1v) is 11.8. The maximum Gasteiger partial charge on any atom is 0.327 e. The summed E-state index contributed by atoms with van der Waals surface area (Å²) in [5.41, 5.74) is -0.187. The van der Waals surface area contributed by atoms with Crippen molar-refractivity contribution >= 4 is 42.4 Å². The molecule has 0 aliphatic carbocycles. The average molecular weight is 431 g/mol. The van der Waals surface area contributed by atoms with Crippen LogP contribution in [-0.4, -0.2) is 56.0 Å². The molecule has 1 unspecified atom stereocenters. The molecule has 0 radical (unpaired) electrons. The Morgan fingerprint density at radius 1 is 1.03 bits per heavy atom. The number of amides is 3. The number of carbonyl (C=O) groups excluding carboxylic acids is 2. The molecule has 1 atom stereocenters. The molecule has 1 aliphatic rings. The first-order chi connectivity index (χ1) is 13.8. The van der Waals surface area contributed by atoms with E-state index in [-0.39, 0.29) is 17.6 Å². The minimum atomic E-state index is -1.97. The molecule has 154 valence electrons. The summed E-state index contributed by atoms with van der Waals surface area (Å²) in [4.78, 5) is 26.7. The molecule has 29 heavy (non-hydrogen) atoms. The number of hydrogen-bond acceptors (Lipinski definition) is 3. The molecule has 3 amide bonds. The third kappa shape index (κ3) is 5.26. The fourth-order valence-corrected chi connectivity index (χ4v) is 6.23. The molecule has 2 aromatic rings. The Labute approximate surface area is 178 Å². The van der Waals surface area contributed by atoms with Gasteiger partial charge < -0.3 is 9.33 Å². The van der Waals surface area contributed by atoms with Gasteiger partial charge in [-0.25, -0.2) is 9.69 Å². The minimum Gasteiger partial charge on any atom is -0.406 e. The van der Waals surface area contributed by atoms with Gasteiger partial charge in [0.05, 0.1) is 6.10 Å². The van der Waals surface area contributed by atoms with Gasteiger partial charge in [-0.2, -0.15) is 0 Å². The third-order valence-electron chi connectivity index (χ3n) is 5.16. The Bertz CT molecular complexity index is 803. The Balaban J connectivity index is 1.86. The number of rotatable bonds is 6. The average Bonchev–Trinajstić information content (AvgIpc) is 3.06. The second-order valence-electron chi connectivity index (χ2n) is 8.33. The highest BCUT2D eigenvalue weighted by Gasteiger charge is 2.38. The number of carbonyl (C=O) groups is 2. The standard InChI is InChI=1S/C22H27ClN2O3Si/c1-22(2,3)19(16-24-14-15-25(20(23)26)21(24)27)28-29(17-10-6-4-7-11-17)18-12-8-5-9-13-18/h4-13,19,29H,14-16H2,1-3H3. The van der Waals surface area contributed by atoms with Crippen LogP contribution in [0.25, 0.3) is 0 Å². The van der Waals surface area contributed by atoms with Gasteiger partial charge in [-0.3, -0.25) is 4.79 Å². The Kier molecular flexibility index (Phi) is 6.77. The summed E-state index contributed by atoms with van der Waals surface area (Å²) in [6.07, 6.45) is -0.186. The van der Waals surface area contributed by atoms with E-state index in [9.17, 15) is 9.59 Å². The zero-order chi connectivity index (χ0) is 21.0. The van der Waals surface area contributed by atoms with Gasteiger partial charge in [0.1, 0.15) is 0 Å². The zero-order valence-corrected chi connectivity index (χ0v) is 19.0. The zero-order valence-electron chi connectivity index (χ0n) is 17.0. The van der Waals surface area contributed by atoms with Gasteiger partial charge in [0, 0.05) is 19.6 Å². The van der Waals surface area contributed by atoms with Crippen molar-refractivity contribution in [3.8, 4) is 0 Å². The lowest BCUT2D eigenvalue weighted by atomic mass is 9.89. The first kappa shape index (κ1) is 21.6. The van der Waals surface area contributed by atoms with E-state index < -0.39 is 14.4 Å². The van der Waals surface area contributed by atoms with Crippen LogP contribution in [0.3, 0.4) is 0 Å². The summed E-state index contributed by atoms with van der Waals surface area (Å²) >= 11 is 5.53. The van der Waals surface area contributed by atoms with Gasteiger partial charge in [0.2, 0.25) is 9.04 Å². The van der Waals surface area contributed by atoms with Crippen molar-refractivity contribution in [2.75, 3.05) is 19.6 Å². The lowest BCUT2D eigenvalue weighted by Gasteiger charge is -2.36. The number of benzene rings is 2. The fraction of sp³-hybridized carbons (Fsp3) is 0.364. The Morgan fingerprint density at radius 3 is 1.97 bits per heavy atom. The lowest BCUT2D eigenvalue weighted by Crippen LogP contribution is -2.53. The van der Waals surface area contributed by atoms with Gasteiger partial charge in [0.25, 0.3) is 0 Å². The summed E-state index contributed by atoms with van der Waals surface area (Å²) in [7, 11) is -1.97. The number of imide groups is 1. The predicted molar refractivity (Wildman–Crippen MR) is 119 cm³/mol. The van der Waals surface area contributed by atoms with E-state index in [4.69, 9.17) is 16.0 Å². The fourth-order valence-electron chi connectivity index (χ4n) is 3.41. The molecule has 1 heterocycles. The molecule has 1 fully saturated rings. The normalized spacial score (nSPS) is 15.8. The van der Waals surface area contributed by atoms with E-state index >= 15 is 0 Å². The largest absolute Gasteiger partial charge is 0.406 e. The summed E-state index contributed by atoms with van der Waals surface area (Å²) < 4.78 is 6.80. The monoisotopic (exact) mass is 430 g/mol. The maximum absolute atomic E-state index is 12.5. The summed E-state index contributed by atoms with van der Waals surface area (Å²) in [6, 6.07) is 20.2. The molecule has 1 aliphatic heterocycles. The summed E-state index contributed by atoms with van der Waals surface area (Å²) in [5, 5.41) is 1.66. The van der Waals surface area contributed by atoms with Gasteiger partial charge in [0.15, 0.2) is 0 Å². The molecule has 3 rings (SSSR count). The lowest BCUT2D eigenvalue weighted by molar-refractivity contribution is 0.0639. The van der Waals surface area contributed by atoms with Crippen molar-refractivity contribution in [3.05, 3.63) is 60.7 Å². The van der Waals surface area contributed by atoms with Crippen molar-refractivity contribution < 1.29 is 14.0 Å². The SMILES string of the molecule is CC(C)(C)C(CN1CCN(C(=O)Cl)C1=O)O[SiH](c1ccccc1)c1ccccc1. The van der Waals surface area contributed by atoms with Crippen molar-refractivity contribution in [1.82, 2.24) is 9.80 Å². The molecule has 1 saturated heterocycles. The molecular formula is C22H27ClN2O3Si. The van der Waals surface area contributed by atoms with E-state index in [1.54, 1.807) is 4.90 Å². The van der Waals surface area contributed by atoms with Crippen LogP contribution >= 0.6 is 11.6 Å². The maximum atomic E-state index is 12.5. The van der Waals surface area contributed by atoms with E-state index in [1.807, 2.05) is 36.4 Å². The van der Waals surface area contributed by atoms with E-state index in [0.29, 0.717) is 19.6 Å². The first-order valence-electron chi connectivity index (χ1n) is 9.78. The van der Waals surface area contributed by atoms with E-state index in [1.165, 1.54) is 10.4 Å². The predicted octanol–water partition coefficient (Wildman–Crippen LogP) is 3.05. The van der Waals surface area contributed by atoms with Gasteiger partial charge in [-0.1, -0.05) is 81.4 Å². The van der Waals surface area contributed by atoms with Crippen LogP contribution < -0.4 is 10.4 Å². The second-order valence-corrected chi connectivity index (χ2v) is 11.0. The molecule has 7 heteroatoms. The van der Waals surface area contributed by atoms with Gasteiger partial charge >= 0.3 is 11.4 Å². The number of urea groups is 1. The van der Waals surface area contributed by atoms with E-state index in [2.05, 4.69) is 45.0 Å². The minimum absolute atomic E-state index is 0.186. The summed E-state index contributed by atoms with van der Waals surface area (Å²) in [6.45, 7) is 7.55. The van der Waals surface area contributed by atoms with Crippen molar-refractivity contribution in [2.24, 2.45) is 5.41 Å². The van der Waals surface area contributed by atoms with Crippen LogP contribution in [0.1, 0.15) is 20.8 Å². The molecule has 0 N–H and O–H groups in total.